The van der Waals surface area contributed by atoms with Crippen LogP contribution in [0.15, 0.2) is 41.5 Å². The molecule has 1 aromatic heterocycles. The highest BCUT2D eigenvalue weighted by Gasteiger charge is 2.08. The molecule has 2 rings (SSSR count). The Morgan fingerprint density at radius 3 is 2.90 bits per heavy atom. The molecule has 0 radical (unpaired) electrons. The predicted molar refractivity (Wildman–Crippen MR) is 75.2 cm³/mol. The summed E-state index contributed by atoms with van der Waals surface area (Å²) in [4.78, 5) is 26.8. The van der Waals surface area contributed by atoms with Gasteiger partial charge in [0.25, 0.3) is 5.88 Å². The van der Waals surface area contributed by atoms with E-state index in [2.05, 4.69) is 4.98 Å². The second-order valence-corrected chi connectivity index (χ2v) is 4.88. The molecule has 0 unspecified atom stereocenters. The van der Waals surface area contributed by atoms with Gasteiger partial charge in [0.1, 0.15) is 12.0 Å². The molecule has 104 valence electrons. The second-order valence-electron chi connectivity index (χ2n) is 4.88. The van der Waals surface area contributed by atoms with Crippen molar-refractivity contribution in [2.45, 2.75) is 20.4 Å². The Labute approximate surface area is 116 Å². The van der Waals surface area contributed by atoms with Crippen LogP contribution in [-0.4, -0.2) is 15.8 Å². The van der Waals surface area contributed by atoms with Crippen LogP contribution in [0, 0.1) is 5.92 Å². The van der Waals surface area contributed by atoms with Crippen LogP contribution in [-0.2, 0) is 6.54 Å². The first kappa shape index (κ1) is 14.0. The highest BCUT2D eigenvalue weighted by atomic mass is 16.5. The minimum Gasteiger partial charge on any atom is -0.435 e. The maximum absolute atomic E-state index is 12.2. The van der Waals surface area contributed by atoms with Crippen LogP contribution < -0.4 is 10.3 Å². The van der Waals surface area contributed by atoms with Crippen LogP contribution >= 0.6 is 0 Å². The van der Waals surface area contributed by atoms with Crippen molar-refractivity contribution in [3.63, 3.8) is 0 Å². The van der Waals surface area contributed by atoms with Crippen molar-refractivity contribution >= 4 is 6.29 Å². The van der Waals surface area contributed by atoms with Gasteiger partial charge in [-0.05, 0) is 18.1 Å². The van der Waals surface area contributed by atoms with E-state index in [1.54, 1.807) is 35.0 Å². The molecule has 0 spiro atoms. The Morgan fingerprint density at radius 1 is 1.40 bits per heavy atom. The maximum atomic E-state index is 12.2. The van der Waals surface area contributed by atoms with Crippen molar-refractivity contribution in [1.29, 1.82) is 0 Å². The molecule has 0 N–H and O–H groups in total. The van der Waals surface area contributed by atoms with E-state index in [1.807, 2.05) is 13.8 Å². The van der Waals surface area contributed by atoms with Crippen LogP contribution in [0.1, 0.15) is 24.2 Å². The minimum atomic E-state index is -0.280. The predicted octanol–water partition coefficient (Wildman–Crippen LogP) is 2.50. The summed E-state index contributed by atoms with van der Waals surface area (Å²) in [7, 11) is 0. The smallest absolute Gasteiger partial charge is 0.313 e. The molecule has 0 bridgehead atoms. The van der Waals surface area contributed by atoms with E-state index in [-0.39, 0.29) is 11.4 Å². The standard InChI is InChI=1S/C15H16N2O3/c1-11(2)9-17-7-6-16-14(15(17)19)20-13-5-3-4-12(8-13)10-18/h3-8,10-11H,9H2,1-2H3. The summed E-state index contributed by atoms with van der Waals surface area (Å²) in [5.41, 5.74) is 0.207. The number of ether oxygens (including phenoxy) is 1. The third-order valence-corrected chi connectivity index (χ3v) is 2.65. The normalized spacial score (nSPS) is 10.6. The Morgan fingerprint density at radius 2 is 2.20 bits per heavy atom. The third kappa shape index (κ3) is 3.32. The van der Waals surface area contributed by atoms with Gasteiger partial charge in [0, 0.05) is 24.5 Å². The fraction of sp³-hybridized carbons (Fsp3) is 0.267. The van der Waals surface area contributed by atoms with Crippen molar-refractivity contribution in [2.75, 3.05) is 0 Å². The molecule has 1 aromatic carbocycles. The first-order valence-corrected chi connectivity index (χ1v) is 6.38. The molecule has 0 aliphatic heterocycles. The van der Waals surface area contributed by atoms with Gasteiger partial charge in [-0.1, -0.05) is 26.0 Å². The Kier molecular flexibility index (Phi) is 4.30. The Hall–Kier alpha value is -2.43. The molecule has 0 aliphatic carbocycles. The summed E-state index contributed by atoms with van der Waals surface area (Å²) in [5, 5.41) is 0. The van der Waals surface area contributed by atoms with Crippen molar-refractivity contribution in [3.8, 4) is 11.6 Å². The number of hydrogen-bond donors (Lipinski definition) is 0. The molecule has 5 nitrogen and oxygen atoms in total. The van der Waals surface area contributed by atoms with Gasteiger partial charge in [0.15, 0.2) is 0 Å². The molecule has 0 amide bonds. The summed E-state index contributed by atoms with van der Waals surface area (Å²) in [6.07, 6.45) is 3.89. The lowest BCUT2D eigenvalue weighted by Crippen LogP contribution is -2.23. The van der Waals surface area contributed by atoms with Crippen LogP contribution in [0.4, 0.5) is 0 Å². The molecule has 2 aromatic rings. The zero-order valence-corrected chi connectivity index (χ0v) is 11.4. The number of hydrogen-bond acceptors (Lipinski definition) is 4. The Bertz CT molecular complexity index is 662. The number of carbonyl (C=O) groups excluding carboxylic acids is 1. The molecular formula is C15H16N2O3. The fourth-order valence-electron chi connectivity index (χ4n) is 1.80. The van der Waals surface area contributed by atoms with E-state index >= 15 is 0 Å². The number of rotatable bonds is 5. The lowest BCUT2D eigenvalue weighted by Gasteiger charge is -2.10. The van der Waals surface area contributed by atoms with E-state index in [4.69, 9.17) is 4.74 Å². The molecule has 5 heteroatoms. The second kappa shape index (κ2) is 6.14. The average Bonchev–Trinajstić information content (AvgIpc) is 2.43. The van der Waals surface area contributed by atoms with E-state index < -0.39 is 0 Å². The zero-order chi connectivity index (χ0) is 14.5. The summed E-state index contributed by atoms with van der Waals surface area (Å²) in [6.45, 7) is 4.66. The molecule has 0 saturated heterocycles. The molecule has 1 heterocycles. The molecule has 0 fully saturated rings. The van der Waals surface area contributed by atoms with E-state index in [9.17, 15) is 9.59 Å². The lowest BCUT2D eigenvalue weighted by molar-refractivity contribution is 0.112. The molecule has 0 saturated carbocycles. The molecule has 0 aliphatic rings. The highest BCUT2D eigenvalue weighted by Crippen LogP contribution is 2.17. The molecule has 0 atom stereocenters. The molecule has 20 heavy (non-hydrogen) atoms. The number of nitrogens with zero attached hydrogens (tertiary/aromatic N) is 2. The van der Waals surface area contributed by atoms with Gasteiger partial charge in [0.2, 0.25) is 0 Å². The summed E-state index contributed by atoms with van der Waals surface area (Å²) in [6, 6.07) is 6.59. The van der Waals surface area contributed by atoms with Crippen LogP contribution in [0.5, 0.6) is 11.6 Å². The van der Waals surface area contributed by atoms with Gasteiger partial charge >= 0.3 is 5.56 Å². The average molecular weight is 272 g/mol. The van der Waals surface area contributed by atoms with Crippen molar-refractivity contribution in [3.05, 3.63) is 52.6 Å². The number of aromatic nitrogens is 2. The van der Waals surface area contributed by atoms with E-state index in [1.165, 1.54) is 6.20 Å². The van der Waals surface area contributed by atoms with Crippen LogP contribution in [0.25, 0.3) is 0 Å². The van der Waals surface area contributed by atoms with Gasteiger partial charge in [-0.3, -0.25) is 9.59 Å². The summed E-state index contributed by atoms with van der Waals surface area (Å²) in [5.74, 6) is 0.777. The summed E-state index contributed by atoms with van der Waals surface area (Å²) < 4.78 is 7.04. The maximum Gasteiger partial charge on any atom is 0.313 e. The van der Waals surface area contributed by atoms with Gasteiger partial charge < -0.3 is 9.30 Å². The number of carbonyl (C=O) groups is 1. The quantitative estimate of drug-likeness (QED) is 0.785. The van der Waals surface area contributed by atoms with Gasteiger partial charge in [-0.25, -0.2) is 4.98 Å². The van der Waals surface area contributed by atoms with Crippen molar-refractivity contribution in [2.24, 2.45) is 5.92 Å². The first-order chi connectivity index (χ1) is 9.60. The van der Waals surface area contributed by atoms with Crippen LogP contribution in [0.2, 0.25) is 0 Å². The fourth-order valence-corrected chi connectivity index (χ4v) is 1.80. The van der Waals surface area contributed by atoms with Gasteiger partial charge in [-0.2, -0.15) is 0 Å². The highest BCUT2D eigenvalue weighted by molar-refractivity contribution is 5.75. The van der Waals surface area contributed by atoms with E-state index in [0.717, 1.165) is 6.29 Å². The van der Waals surface area contributed by atoms with Crippen molar-refractivity contribution < 1.29 is 9.53 Å². The molecular weight excluding hydrogens is 256 g/mol. The first-order valence-electron chi connectivity index (χ1n) is 6.38. The zero-order valence-electron chi connectivity index (χ0n) is 11.4. The largest absolute Gasteiger partial charge is 0.435 e. The van der Waals surface area contributed by atoms with Crippen molar-refractivity contribution in [1.82, 2.24) is 9.55 Å². The SMILES string of the molecule is CC(C)Cn1ccnc(Oc2cccc(C=O)c2)c1=O. The monoisotopic (exact) mass is 272 g/mol. The topological polar surface area (TPSA) is 61.2 Å². The minimum absolute atomic E-state index is 0.0104. The third-order valence-electron chi connectivity index (χ3n) is 2.65. The van der Waals surface area contributed by atoms with E-state index in [0.29, 0.717) is 23.8 Å². The summed E-state index contributed by atoms with van der Waals surface area (Å²) >= 11 is 0. The Balaban J connectivity index is 2.29. The van der Waals surface area contributed by atoms with Gasteiger partial charge in [0.05, 0.1) is 0 Å². The lowest BCUT2D eigenvalue weighted by atomic mass is 10.2. The number of benzene rings is 1. The number of aldehydes is 1. The van der Waals surface area contributed by atoms with Crippen LogP contribution in [0.3, 0.4) is 0 Å². The van der Waals surface area contributed by atoms with Gasteiger partial charge in [-0.15, -0.1) is 0 Å².